The van der Waals surface area contributed by atoms with Crippen LogP contribution in [0, 0.1) is 0 Å². The third-order valence-corrected chi connectivity index (χ3v) is 3.10. The van der Waals surface area contributed by atoms with E-state index in [0.717, 1.165) is 17.1 Å². The number of hydrogen-bond donors (Lipinski definition) is 2. The number of nitrogens with zero attached hydrogens (tertiary/aromatic N) is 3. The van der Waals surface area contributed by atoms with Gasteiger partial charge in [-0.3, -0.25) is 5.10 Å². The van der Waals surface area contributed by atoms with Gasteiger partial charge < -0.3 is 10.6 Å². The van der Waals surface area contributed by atoms with Crippen LogP contribution in [0.15, 0.2) is 24.3 Å². The molecule has 3 N–H and O–H groups in total. The van der Waals surface area contributed by atoms with Crippen molar-refractivity contribution in [3.8, 4) is 0 Å². The Labute approximate surface area is 107 Å². The monoisotopic (exact) mass is 245 g/mol. The number of nitrogens with one attached hydrogen (secondary N) is 1. The second kappa shape index (κ2) is 4.33. The molecule has 0 atom stereocenters. The lowest BCUT2D eigenvalue weighted by Crippen LogP contribution is -2.21. The molecule has 5 heteroatoms. The lowest BCUT2D eigenvalue weighted by molar-refractivity contribution is 0.593. The number of benzene rings is 1. The van der Waals surface area contributed by atoms with E-state index in [9.17, 15) is 0 Å². The van der Waals surface area contributed by atoms with Gasteiger partial charge in [0.25, 0.3) is 0 Å². The van der Waals surface area contributed by atoms with Crippen LogP contribution in [0.25, 0.3) is 0 Å². The number of anilines is 2. The molecule has 0 saturated carbocycles. The Morgan fingerprint density at radius 2 is 1.78 bits per heavy atom. The Morgan fingerprint density at radius 1 is 1.17 bits per heavy atom. The van der Waals surface area contributed by atoms with Crippen molar-refractivity contribution in [2.45, 2.75) is 19.3 Å². The fourth-order valence-electron chi connectivity index (χ4n) is 1.77. The first-order chi connectivity index (χ1) is 8.41. The van der Waals surface area contributed by atoms with Gasteiger partial charge in [0.1, 0.15) is 5.82 Å². The third-order valence-electron chi connectivity index (χ3n) is 3.10. The minimum Gasteiger partial charge on any atom is -0.399 e. The summed E-state index contributed by atoms with van der Waals surface area (Å²) in [5, 5.41) is 7.20. The minimum atomic E-state index is -0.227. The summed E-state index contributed by atoms with van der Waals surface area (Å²) in [5.74, 6) is 1.53. The molecule has 96 valence electrons. The van der Waals surface area contributed by atoms with Crippen molar-refractivity contribution in [3.63, 3.8) is 0 Å². The molecule has 0 aliphatic carbocycles. The first-order valence-corrected chi connectivity index (χ1v) is 5.87. The van der Waals surface area contributed by atoms with Crippen LogP contribution in [0.5, 0.6) is 0 Å². The van der Waals surface area contributed by atoms with Gasteiger partial charge in [0.2, 0.25) is 5.95 Å². The summed E-state index contributed by atoms with van der Waals surface area (Å²) in [6.07, 6.45) is 0. The van der Waals surface area contributed by atoms with E-state index in [1.54, 1.807) is 0 Å². The van der Waals surface area contributed by atoms with Crippen molar-refractivity contribution in [2.75, 3.05) is 24.7 Å². The minimum absolute atomic E-state index is 0.227. The maximum absolute atomic E-state index is 5.71. The first-order valence-electron chi connectivity index (χ1n) is 5.87. The molecule has 0 amide bonds. The summed E-state index contributed by atoms with van der Waals surface area (Å²) >= 11 is 0. The van der Waals surface area contributed by atoms with E-state index >= 15 is 0 Å². The zero-order chi connectivity index (χ0) is 13.3. The van der Waals surface area contributed by atoms with E-state index in [1.165, 1.54) is 0 Å². The van der Waals surface area contributed by atoms with E-state index < -0.39 is 0 Å². The van der Waals surface area contributed by atoms with Crippen molar-refractivity contribution in [1.82, 2.24) is 15.2 Å². The van der Waals surface area contributed by atoms with Gasteiger partial charge in [-0.2, -0.15) is 4.98 Å². The maximum atomic E-state index is 5.71. The van der Waals surface area contributed by atoms with Crippen LogP contribution in [-0.4, -0.2) is 29.3 Å². The average Bonchev–Trinajstić information content (AvgIpc) is 2.79. The number of nitrogens with two attached hydrogens (primary N) is 1. The molecule has 0 aliphatic rings. The van der Waals surface area contributed by atoms with Crippen LogP contribution in [0.1, 0.15) is 25.2 Å². The standard InChI is InChI=1S/C13H19N5/c1-13(2,9-5-7-10(14)8-6-9)11-15-12(17-16-11)18(3)4/h5-8H,14H2,1-4H3,(H,15,16,17). The lowest BCUT2D eigenvalue weighted by atomic mass is 9.84. The number of aromatic nitrogens is 3. The highest BCUT2D eigenvalue weighted by molar-refractivity contribution is 5.43. The fourth-order valence-corrected chi connectivity index (χ4v) is 1.77. The normalized spacial score (nSPS) is 11.6. The molecule has 0 saturated heterocycles. The fraction of sp³-hybridized carbons (Fsp3) is 0.385. The molecule has 0 unspecified atom stereocenters. The highest BCUT2D eigenvalue weighted by atomic mass is 15.3. The van der Waals surface area contributed by atoms with Gasteiger partial charge in [-0.1, -0.05) is 12.1 Å². The van der Waals surface area contributed by atoms with Crippen LogP contribution in [0.3, 0.4) is 0 Å². The number of hydrogen-bond acceptors (Lipinski definition) is 4. The molecular formula is C13H19N5. The van der Waals surface area contributed by atoms with Gasteiger partial charge in [-0.25, -0.2) is 0 Å². The molecule has 18 heavy (non-hydrogen) atoms. The molecule has 2 rings (SSSR count). The largest absolute Gasteiger partial charge is 0.399 e. The summed E-state index contributed by atoms with van der Waals surface area (Å²) in [4.78, 5) is 6.38. The Bertz CT molecular complexity index is 525. The van der Waals surface area contributed by atoms with Gasteiger partial charge in [-0.15, -0.1) is 5.10 Å². The predicted octanol–water partition coefficient (Wildman–Crippen LogP) is 1.78. The molecule has 0 radical (unpaired) electrons. The van der Waals surface area contributed by atoms with Gasteiger partial charge in [-0.05, 0) is 31.5 Å². The summed E-state index contributed by atoms with van der Waals surface area (Å²) in [6.45, 7) is 4.22. The second-order valence-electron chi connectivity index (χ2n) is 5.13. The molecule has 0 spiro atoms. The summed E-state index contributed by atoms with van der Waals surface area (Å²) in [6, 6.07) is 7.85. The summed E-state index contributed by atoms with van der Waals surface area (Å²) < 4.78 is 0. The highest BCUT2D eigenvalue weighted by Gasteiger charge is 2.27. The summed E-state index contributed by atoms with van der Waals surface area (Å²) in [7, 11) is 3.84. The molecule has 0 bridgehead atoms. The molecule has 1 aromatic carbocycles. The highest BCUT2D eigenvalue weighted by Crippen LogP contribution is 2.29. The van der Waals surface area contributed by atoms with E-state index in [4.69, 9.17) is 5.73 Å². The molecule has 1 heterocycles. The molecule has 0 fully saturated rings. The SMILES string of the molecule is CN(C)c1n[nH]c(C(C)(C)c2ccc(N)cc2)n1. The molecule has 1 aromatic heterocycles. The predicted molar refractivity (Wildman–Crippen MR) is 73.7 cm³/mol. The van der Waals surface area contributed by atoms with Crippen LogP contribution in [0.4, 0.5) is 11.6 Å². The number of aromatic amines is 1. The Balaban J connectivity index is 2.37. The van der Waals surface area contributed by atoms with E-state index in [-0.39, 0.29) is 5.41 Å². The first kappa shape index (κ1) is 12.4. The lowest BCUT2D eigenvalue weighted by Gasteiger charge is -2.22. The Morgan fingerprint density at radius 3 is 2.28 bits per heavy atom. The van der Waals surface area contributed by atoms with Crippen molar-refractivity contribution in [3.05, 3.63) is 35.7 Å². The van der Waals surface area contributed by atoms with Crippen LogP contribution in [-0.2, 0) is 5.41 Å². The number of nitrogen functional groups attached to an aromatic ring is 1. The van der Waals surface area contributed by atoms with Gasteiger partial charge in [0, 0.05) is 25.2 Å². The Hall–Kier alpha value is -2.04. The van der Waals surface area contributed by atoms with E-state index in [0.29, 0.717) is 5.95 Å². The van der Waals surface area contributed by atoms with Crippen molar-refractivity contribution in [1.29, 1.82) is 0 Å². The van der Waals surface area contributed by atoms with Gasteiger partial charge in [0.15, 0.2) is 0 Å². The van der Waals surface area contributed by atoms with Gasteiger partial charge >= 0.3 is 0 Å². The van der Waals surface area contributed by atoms with Crippen LogP contribution < -0.4 is 10.6 Å². The molecular weight excluding hydrogens is 226 g/mol. The second-order valence-corrected chi connectivity index (χ2v) is 5.13. The molecule has 0 aliphatic heterocycles. The van der Waals surface area contributed by atoms with Crippen LogP contribution >= 0.6 is 0 Å². The zero-order valence-corrected chi connectivity index (χ0v) is 11.2. The number of rotatable bonds is 3. The van der Waals surface area contributed by atoms with Gasteiger partial charge in [0.05, 0.1) is 0 Å². The average molecular weight is 245 g/mol. The molecule has 2 aromatic rings. The summed E-state index contributed by atoms with van der Waals surface area (Å²) in [5.41, 5.74) is 7.40. The van der Waals surface area contributed by atoms with E-state index in [1.807, 2.05) is 43.3 Å². The Kier molecular flexibility index (Phi) is 2.98. The zero-order valence-electron chi connectivity index (χ0n) is 11.2. The van der Waals surface area contributed by atoms with Crippen LogP contribution in [0.2, 0.25) is 0 Å². The topological polar surface area (TPSA) is 70.8 Å². The van der Waals surface area contributed by atoms with Crippen molar-refractivity contribution < 1.29 is 0 Å². The molecule has 5 nitrogen and oxygen atoms in total. The quantitative estimate of drug-likeness (QED) is 0.809. The van der Waals surface area contributed by atoms with Crippen molar-refractivity contribution >= 4 is 11.6 Å². The third kappa shape index (κ3) is 2.16. The van der Waals surface area contributed by atoms with Crippen molar-refractivity contribution in [2.24, 2.45) is 0 Å². The van der Waals surface area contributed by atoms with E-state index in [2.05, 4.69) is 29.0 Å². The maximum Gasteiger partial charge on any atom is 0.244 e. The smallest absolute Gasteiger partial charge is 0.244 e. The number of H-pyrrole nitrogens is 1.